The zero-order valence-electron chi connectivity index (χ0n) is 8.05. The quantitative estimate of drug-likeness (QED) is 0.596. The fourth-order valence-corrected chi connectivity index (χ4v) is 6.95. The van der Waals surface area contributed by atoms with Crippen molar-refractivity contribution in [3.05, 3.63) is 0 Å². The van der Waals surface area contributed by atoms with Gasteiger partial charge in [-0.05, 0) is 30.1 Å². The van der Waals surface area contributed by atoms with E-state index in [2.05, 4.69) is 13.0 Å². The van der Waals surface area contributed by atoms with Crippen LogP contribution in [0.15, 0.2) is 0 Å². The third-order valence-corrected chi connectivity index (χ3v) is 6.99. The molecule has 0 aromatic heterocycles. The zero-order valence-corrected chi connectivity index (χ0v) is 8.87. The van der Waals surface area contributed by atoms with E-state index in [1.54, 1.807) is 0 Å². The number of hydrogen-bond donors (Lipinski definition) is 0. The summed E-state index contributed by atoms with van der Waals surface area (Å²) in [5, 5.41) is 8.74. The number of sulfone groups is 1. The van der Waals surface area contributed by atoms with Gasteiger partial charge in [0.2, 0.25) is 0 Å². The van der Waals surface area contributed by atoms with Gasteiger partial charge in [0, 0.05) is 0 Å². The summed E-state index contributed by atoms with van der Waals surface area (Å²) in [6.45, 7) is 2.12. The first-order valence-electron chi connectivity index (χ1n) is 5.17. The second kappa shape index (κ2) is 2.33. The van der Waals surface area contributed by atoms with Crippen LogP contribution in [0.5, 0.6) is 0 Å². The van der Waals surface area contributed by atoms with Crippen LogP contribution in [0, 0.1) is 40.9 Å². The molecule has 2 aliphatic carbocycles. The summed E-state index contributed by atoms with van der Waals surface area (Å²) in [7, 11) is -2.95. The lowest BCUT2D eigenvalue weighted by atomic mass is 9.76. The van der Waals surface area contributed by atoms with Crippen molar-refractivity contribution in [2.75, 3.05) is 5.75 Å². The molecule has 0 aromatic carbocycles. The predicted molar refractivity (Wildman–Crippen MR) is 50.9 cm³/mol. The first-order valence-corrected chi connectivity index (χ1v) is 6.89. The van der Waals surface area contributed by atoms with E-state index in [0.29, 0.717) is 29.4 Å². The van der Waals surface area contributed by atoms with Crippen LogP contribution in [-0.4, -0.2) is 19.4 Å². The highest BCUT2D eigenvalue weighted by Crippen LogP contribution is 2.61. The average molecular weight is 211 g/mol. The standard InChI is InChI=1S/C10H13NO2S/c1-5-6-2-7-9(5)4-14(12,13)10(7)8(6)3-11/h5-10H,2,4H2,1H3. The van der Waals surface area contributed by atoms with Crippen molar-refractivity contribution < 1.29 is 8.42 Å². The summed E-state index contributed by atoms with van der Waals surface area (Å²) in [5.74, 6) is 1.61. The molecule has 3 fully saturated rings. The summed E-state index contributed by atoms with van der Waals surface area (Å²) in [5.41, 5.74) is 0. The minimum absolute atomic E-state index is 0.209. The number of nitrogens with zero attached hydrogens (tertiary/aromatic N) is 1. The number of hydrogen-bond acceptors (Lipinski definition) is 3. The van der Waals surface area contributed by atoms with Crippen molar-refractivity contribution >= 4 is 9.84 Å². The van der Waals surface area contributed by atoms with E-state index in [4.69, 9.17) is 5.26 Å². The lowest BCUT2D eigenvalue weighted by Gasteiger charge is -2.26. The number of rotatable bonds is 0. The van der Waals surface area contributed by atoms with Gasteiger partial charge in [0.1, 0.15) is 0 Å². The van der Waals surface area contributed by atoms with Gasteiger partial charge in [0.15, 0.2) is 9.84 Å². The van der Waals surface area contributed by atoms with Crippen molar-refractivity contribution in [3.8, 4) is 6.07 Å². The average Bonchev–Trinajstić information content (AvgIpc) is 2.67. The molecular weight excluding hydrogens is 198 g/mol. The minimum Gasteiger partial charge on any atom is -0.228 e. The Hall–Kier alpha value is -0.560. The highest BCUT2D eigenvalue weighted by Gasteiger charge is 2.65. The van der Waals surface area contributed by atoms with E-state index in [0.717, 1.165) is 6.42 Å². The smallest absolute Gasteiger partial charge is 0.155 e. The Labute approximate surface area is 84.0 Å². The summed E-state index contributed by atoms with van der Waals surface area (Å²) in [4.78, 5) is 0. The van der Waals surface area contributed by atoms with E-state index in [1.807, 2.05) is 0 Å². The van der Waals surface area contributed by atoms with E-state index in [9.17, 15) is 8.42 Å². The number of nitriles is 1. The molecule has 0 amide bonds. The van der Waals surface area contributed by atoms with Crippen LogP contribution in [-0.2, 0) is 9.84 Å². The first kappa shape index (κ1) is 8.72. The molecule has 3 rings (SSSR count). The van der Waals surface area contributed by atoms with Gasteiger partial charge in [-0.25, -0.2) is 8.42 Å². The van der Waals surface area contributed by atoms with Gasteiger partial charge in [-0.15, -0.1) is 0 Å². The molecule has 6 atom stereocenters. The fourth-order valence-electron chi connectivity index (χ4n) is 4.09. The van der Waals surface area contributed by atoms with E-state index in [1.165, 1.54) is 0 Å². The lowest BCUT2D eigenvalue weighted by Crippen LogP contribution is -2.32. The normalized spacial score (nSPS) is 57.4. The molecule has 1 heterocycles. The Balaban J connectivity index is 2.15. The predicted octanol–water partition coefficient (Wildman–Crippen LogP) is 0.825. The van der Waals surface area contributed by atoms with Crippen molar-refractivity contribution in [1.29, 1.82) is 5.26 Å². The molecule has 0 aromatic rings. The van der Waals surface area contributed by atoms with Gasteiger partial charge in [0.05, 0.1) is 23.0 Å². The largest absolute Gasteiger partial charge is 0.228 e. The third kappa shape index (κ3) is 0.762. The van der Waals surface area contributed by atoms with Gasteiger partial charge in [-0.2, -0.15) is 5.26 Å². The van der Waals surface area contributed by atoms with Gasteiger partial charge in [-0.3, -0.25) is 0 Å². The van der Waals surface area contributed by atoms with Gasteiger partial charge in [-0.1, -0.05) is 6.92 Å². The maximum absolute atomic E-state index is 11.8. The second-order valence-electron chi connectivity index (χ2n) is 5.04. The van der Waals surface area contributed by atoms with Crippen LogP contribution in [0.4, 0.5) is 0 Å². The Morgan fingerprint density at radius 1 is 1.29 bits per heavy atom. The Morgan fingerprint density at radius 2 is 2.00 bits per heavy atom. The summed E-state index contributed by atoms with van der Waals surface area (Å²) in [6.07, 6.45) is 0.980. The van der Waals surface area contributed by atoms with Crippen molar-refractivity contribution in [3.63, 3.8) is 0 Å². The first-order chi connectivity index (χ1) is 6.56. The molecule has 14 heavy (non-hydrogen) atoms. The Bertz CT molecular complexity index is 422. The van der Waals surface area contributed by atoms with Crippen LogP contribution in [0.1, 0.15) is 13.3 Å². The molecule has 2 saturated carbocycles. The molecule has 3 aliphatic rings. The maximum atomic E-state index is 11.8. The SMILES string of the molecule is CC1C2CC3C1CS(=O)(=O)C3C2C#N. The monoisotopic (exact) mass is 211 g/mol. The van der Waals surface area contributed by atoms with Crippen molar-refractivity contribution in [2.45, 2.75) is 18.6 Å². The molecule has 2 bridgehead atoms. The molecule has 0 N–H and O–H groups in total. The topological polar surface area (TPSA) is 57.9 Å². The molecule has 3 nitrogen and oxygen atoms in total. The van der Waals surface area contributed by atoms with Crippen LogP contribution < -0.4 is 0 Å². The summed E-state index contributed by atoms with van der Waals surface area (Å²) >= 11 is 0. The van der Waals surface area contributed by atoms with Gasteiger partial charge in [0.25, 0.3) is 0 Å². The highest BCUT2D eigenvalue weighted by atomic mass is 32.2. The van der Waals surface area contributed by atoms with E-state index in [-0.39, 0.29) is 11.2 Å². The minimum atomic E-state index is -2.95. The van der Waals surface area contributed by atoms with Crippen LogP contribution in [0.25, 0.3) is 0 Å². The molecule has 4 heteroatoms. The maximum Gasteiger partial charge on any atom is 0.155 e. The summed E-state index contributed by atoms with van der Waals surface area (Å²) < 4.78 is 23.7. The van der Waals surface area contributed by atoms with Gasteiger partial charge < -0.3 is 0 Å². The van der Waals surface area contributed by atoms with Crippen LogP contribution >= 0.6 is 0 Å². The zero-order chi connectivity index (χ0) is 10.1. The lowest BCUT2D eigenvalue weighted by molar-refractivity contribution is 0.247. The molecule has 76 valence electrons. The van der Waals surface area contributed by atoms with E-state index >= 15 is 0 Å². The molecule has 1 saturated heterocycles. The van der Waals surface area contributed by atoms with Gasteiger partial charge >= 0.3 is 0 Å². The van der Waals surface area contributed by atoms with Crippen LogP contribution in [0.2, 0.25) is 0 Å². The summed E-state index contributed by atoms with van der Waals surface area (Å²) in [6, 6.07) is 2.23. The Morgan fingerprint density at radius 3 is 2.64 bits per heavy atom. The molecule has 0 spiro atoms. The Kier molecular flexibility index (Phi) is 1.45. The second-order valence-corrected chi connectivity index (χ2v) is 7.24. The number of fused-ring (bicyclic) bond motifs is 1. The van der Waals surface area contributed by atoms with E-state index < -0.39 is 9.84 Å². The molecule has 1 aliphatic heterocycles. The van der Waals surface area contributed by atoms with Crippen molar-refractivity contribution in [2.24, 2.45) is 29.6 Å². The molecular formula is C10H13NO2S. The van der Waals surface area contributed by atoms with Crippen LogP contribution in [0.3, 0.4) is 0 Å². The highest BCUT2D eigenvalue weighted by molar-refractivity contribution is 7.92. The fraction of sp³-hybridized carbons (Fsp3) is 0.900. The molecule has 6 unspecified atom stereocenters. The van der Waals surface area contributed by atoms with Crippen molar-refractivity contribution in [1.82, 2.24) is 0 Å². The third-order valence-electron chi connectivity index (χ3n) is 4.67. The molecule has 0 radical (unpaired) electrons.